The largest absolute Gasteiger partial charge is 0.377 e. The van der Waals surface area contributed by atoms with Crippen LogP contribution in [0.1, 0.15) is 37.0 Å². The summed E-state index contributed by atoms with van der Waals surface area (Å²) in [6, 6.07) is 3.85. The van der Waals surface area contributed by atoms with Gasteiger partial charge in [-0.1, -0.05) is 11.6 Å². The number of carbonyl (C=O) groups excluding carboxylic acids is 2. The maximum atomic E-state index is 13.4. The number of halogens is 2. The lowest BCUT2D eigenvalue weighted by Crippen LogP contribution is -2.66. The van der Waals surface area contributed by atoms with Gasteiger partial charge in [0, 0.05) is 36.8 Å². The molecule has 8 heteroatoms. The molecular weight excluding hydrogens is 409 g/mol. The average molecular weight is 438 g/mol. The first-order valence-corrected chi connectivity index (χ1v) is 10.9. The lowest BCUT2D eigenvalue weighted by molar-refractivity contribution is -0.154. The second-order valence-electron chi connectivity index (χ2n) is 9.70. The number of hydrogen-bond donors (Lipinski definition) is 1. The Labute approximate surface area is 181 Å². The standard InChI is InChI=1S/C22H29ClFN3O3/c1-21(2)14-30-4-3-27(21)19(28)11-26-12-22(13-26)8-15(9-22)10-25-20(29)16-5-17(23)7-18(24)6-16/h5-7,15H,3-4,8-14H2,1-2H3,(H,25,29). The molecule has 0 radical (unpaired) electrons. The van der Waals surface area contributed by atoms with Crippen LogP contribution < -0.4 is 5.32 Å². The molecule has 3 fully saturated rings. The topological polar surface area (TPSA) is 61.9 Å². The third kappa shape index (κ3) is 4.48. The molecule has 0 bridgehead atoms. The zero-order valence-electron chi connectivity index (χ0n) is 17.5. The van der Waals surface area contributed by atoms with Gasteiger partial charge in [0.05, 0.1) is 25.3 Å². The van der Waals surface area contributed by atoms with Crippen molar-refractivity contribution < 1.29 is 18.7 Å². The summed E-state index contributed by atoms with van der Waals surface area (Å²) in [6.07, 6.45) is 2.09. The molecule has 0 unspecified atom stereocenters. The molecule has 3 aliphatic rings. The average Bonchev–Trinajstić information content (AvgIpc) is 2.60. The molecule has 2 heterocycles. The van der Waals surface area contributed by atoms with Crippen molar-refractivity contribution in [3.05, 3.63) is 34.6 Å². The molecule has 0 aromatic heterocycles. The summed E-state index contributed by atoms with van der Waals surface area (Å²) in [4.78, 5) is 29.1. The highest BCUT2D eigenvalue weighted by molar-refractivity contribution is 6.31. The minimum Gasteiger partial charge on any atom is -0.377 e. The van der Waals surface area contributed by atoms with Crippen LogP contribution in [0.5, 0.6) is 0 Å². The van der Waals surface area contributed by atoms with Crippen molar-refractivity contribution in [2.75, 3.05) is 45.9 Å². The van der Waals surface area contributed by atoms with E-state index in [-0.39, 0.29) is 27.9 Å². The number of carbonyl (C=O) groups is 2. The highest BCUT2D eigenvalue weighted by Gasteiger charge is 2.52. The van der Waals surface area contributed by atoms with Crippen LogP contribution >= 0.6 is 11.6 Å². The summed E-state index contributed by atoms with van der Waals surface area (Å²) in [7, 11) is 0. The molecular formula is C22H29ClFN3O3. The fourth-order valence-electron chi connectivity index (χ4n) is 5.20. The van der Waals surface area contributed by atoms with Gasteiger partial charge in [-0.25, -0.2) is 4.39 Å². The summed E-state index contributed by atoms with van der Waals surface area (Å²) in [5.74, 6) is -0.213. The summed E-state index contributed by atoms with van der Waals surface area (Å²) in [5, 5.41) is 3.10. The van der Waals surface area contributed by atoms with E-state index in [0.717, 1.165) is 25.9 Å². The monoisotopic (exact) mass is 437 g/mol. The molecule has 164 valence electrons. The number of morpholine rings is 1. The van der Waals surface area contributed by atoms with Crippen LogP contribution in [0.4, 0.5) is 4.39 Å². The first-order chi connectivity index (χ1) is 14.2. The van der Waals surface area contributed by atoms with Gasteiger partial charge >= 0.3 is 0 Å². The SMILES string of the molecule is CC1(C)COCCN1C(=O)CN1CC2(CC(CNC(=O)c3cc(F)cc(Cl)c3)C2)C1. The predicted molar refractivity (Wildman–Crippen MR) is 112 cm³/mol. The second kappa shape index (κ2) is 8.09. The second-order valence-corrected chi connectivity index (χ2v) is 10.1. The van der Waals surface area contributed by atoms with Gasteiger partial charge in [-0.2, -0.15) is 0 Å². The molecule has 1 aliphatic carbocycles. The van der Waals surface area contributed by atoms with Crippen LogP contribution in [0.25, 0.3) is 0 Å². The van der Waals surface area contributed by atoms with E-state index in [1.54, 1.807) is 0 Å². The molecule has 1 N–H and O–H groups in total. The third-order valence-electron chi connectivity index (χ3n) is 6.54. The zero-order chi connectivity index (χ0) is 21.5. The van der Waals surface area contributed by atoms with E-state index in [9.17, 15) is 14.0 Å². The Morgan fingerprint density at radius 3 is 2.67 bits per heavy atom. The summed E-state index contributed by atoms with van der Waals surface area (Å²) >= 11 is 5.82. The number of amides is 2. The van der Waals surface area contributed by atoms with Crippen molar-refractivity contribution in [3.8, 4) is 0 Å². The highest BCUT2D eigenvalue weighted by Crippen LogP contribution is 2.51. The maximum Gasteiger partial charge on any atom is 0.251 e. The van der Waals surface area contributed by atoms with Crippen LogP contribution in [-0.2, 0) is 9.53 Å². The van der Waals surface area contributed by atoms with E-state index in [0.29, 0.717) is 44.2 Å². The van der Waals surface area contributed by atoms with E-state index in [2.05, 4.69) is 10.2 Å². The van der Waals surface area contributed by atoms with Crippen molar-refractivity contribution in [2.24, 2.45) is 11.3 Å². The minimum absolute atomic E-state index is 0.176. The summed E-state index contributed by atoms with van der Waals surface area (Å²) < 4.78 is 18.9. The number of benzene rings is 1. The van der Waals surface area contributed by atoms with Crippen LogP contribution in [-0.4, -0.2) is 73.1 Å². The van der Waals surface area contributed by atoms with Gasteiger partial charge in [0.2, 0.25) is 5.91 Å². The quantitative estimate of drug-likeness (QED) is 0.769. The molecule has 30 heavy (non-hydrogen) atoms. The van der Waals surface area contributed by atoms with E-state index in [1.807, 2.05) is 18.7 Å². The van der Waals surface area contributed by atoms with E-state index in [4.69, 9.17) is 16.3 Å². The van der Waals surface area contributed by atoms with Gasteiger partial charge in [-0.15, -0.1) is 0 Å². The summed E-state index contributed by atoms with van der Waals surface area (Å²) in [5.41, 5.74) is 0.287. The number of nitrogens with zero attached hydrogens (tertiary/aromatic N) is 2. The first kappa shape index (κ1) is 21.5. The number of hydrogen-bond acceptors (Lipinski definition) is 4. The number of rotatable bonds is 5. The predicted octanol–water partition coefficient (Wildman–Crippen LogP) is 2.56. The first-order valence-electron chi connectivity index (χ1n) is 10.5. The molecule has 2 saturated heterocycles. The third-order valence-corrected chi connectivity index (χ3v) is 6.76. The van der Waals surface area contributed by atoms with Crippen LogP contribution in [0.2, 0.25) is 5.02 Å². The Bertz CT molecular complexity index is 813. The Morgan fingerprint density at radius 1 is 1.27 bits per heavy atom. The smallest absolute Gasteiger partial charge is 0.251 e. The minimum atomic E-state index is -0.514. The van der Waals surface area contributed by atoms with E-state index < -0.39 is 5.82 Å². The maximum absolute atomic E-state index is 13.4. The zero-order valence-corrected chi connectivity index (χ0v) is 18.3. The Kier molecular flexibility index (Phi) is 5.81. The van der Waals surface area contributed by atoms with Crippen LogP contribution in [0.15, 0.2) is 18.2 Å². The fourth-order valence-corrected chi connectivity index (χ4v) is 5.42. The molecule has 2 amide bonds. The Hall–Kier alpha value is -1.70. The van der Waals surface area contributed by atoms with Crippen LogP contribution in [0, 0.1) is 17.2 Å². The van der Waals surface area contributed by atoms with Gasteiger partial charge in [0.15, 0.2) is 0 Å². The molecule has 2 aliphatic heterocycles. The molecule has 1 aromatic carbocycles. The molecule has 6 nitrogen and oxygen atoms in total. The molecule has 1 saturated carbocycles. The van der Waals surface area contributed by atoms with Gasteiger partial charge in [-0.3, -0.25) is 14.5 Å². The van der Waals surface area contributed by atoms with Gasteiger partial charge in [0.25, 0.3) is 5.91 Å². The van der Waals surface area contributed by atoms with Gasteiger partial charge in [0.1, 0.15) is 5.82 Å². The van der Waals surface area contributed by atoms with Crippen molar-refractivity contribution in [1.82, 2.24) is 15.1 Å². The lowest BCUT2D eigenvalue weighted by Gasteiger charge is -2.59. The highest BCUT2D eigenvalue weighted by atomic mass is 35.5. The van der Waals surface area contributed by atoms with Gasteiger partial charge in [-0.05, 0) is 56.2 Å². The fraction of sp³-hybridized carbons (Fsp3) is 0.636. The number of likely N-dealkylation sites (tertiary alicyclic amines) is 1. The molecule has 1 spiro atoms. The van der Waals surface area contributed by atoms with Crippen molar-refractivity contribution in [2.45, 2.75) is 32.2 Å². The van der Waals surface area contributed by atoms with E-state index >= 15 is 0 Å². The van der Waals surface area contributed by atoms with Crippen LogP contribution in [0.3, 0.4) is 0 Å². The molecule has 1 aromatic rings. The Morgan fingerprint density at radius 2 is 2.00 bits per heavy atom. The van der Waals surface area contributed by atoms with Gasteiger partial charge < -0.3 is 15.0 Å². The molecule has 0 atom stereocenters. The summed E-state index contributed by atoms with van der Waals surface area (Å²) in [6.45, 7) is 8.85. The normalized spacial score (nSPS) is 23.0. The number of nitrogens with one attached hydrogen (secondary N) is 1. The van der Waals surface area contributed by atoms with Crippen molar-refractivity contribution in [3.63, 3.8) is 0 Å². The lowest BCUT2D eigenvalue weighted by atomic mass is 9.57. The van der Waals surface area contributed by atoms with Crippen molar-refractivity contribution >= 4 is 23.4 Å². The van der Waals surface area contributed by atoms with E-state index in [1.165, 1.54) is 18.2 Å². The van der Waals surface area contributed by atoms with Crippen molar-refractivity contribution in [1.29, 1.82) is 0 Å². The number of ether oxygens (including phenoxy) is 1. The Balaban J connectivity index is 1.18. The molecule has 4 rings (SSSR count).